The standard InChI is InChI=1S/C14H26N4O2S/c1-6-8-15-14(4,12(19)20-7-2)9-11(3)21-13-17-16-10-18(13)5/h10-11,15H,6-9H2,1-5H3. The zero-order chi connectivity index (χ0) is 15.9. The molecule has 1 heterocycles. The Morgan fingerprint density at radius 2 is 2.29 bits per heavy atom. The minimum Gasteiger partial charge on any atom is -0.465 e. The molecule has 0 aliphatic rings. The molecule has 1 N–H and O–H groups in total. The summed E-state index contributed by atoms with van der Waals surface area (Å²) in [6, 6.07) is 0. The highest BCUT2D eigenvalue weighted by Crippen LogP contribution is 2.27. The smallest absolute Gasteiger partial charge is 0.326 e. The lowest BCUT2D eigenvalue weighted by molar-refractivity contribution is -0.150. The van der Waals surface area contributed by atoms with Gasteiger partial charge in [-0.1, -0.05) is 25.6 Å². The maximum atomic E-state index is 12.2. The summed E-state index contributed by atoms with van der Waals surface area (Å²) in [6.45, 7) is 9.09. The van der Waals surface area contributed by atoms with Crippen LogP contribution in [0.5, 0.6) is 0 Å². The molecule has 1 aromatic rings. The first-order valence-corrected chi connectivity index (χ1v) is 8.23. The molecule has 0 fully saturated rings. The van der Waals surface area contributed by atoms with Crippen molar-refractivity contribution in [1.29, 1.82) is 0 Å². The second kappa shape index (κ2) is 8.38. The van der Waals surface area contributed by atoms with E-state index in [-0.39, 0.29) is 11.2 Å². The summed E-state index contributed by atoms with van der Waals surface area (Å²) in [4.78, 5) is 12.2. The molecule has 1 rings (SSSR count). The number of hydrogen-bond donors (Lipinski definition) is 1. The molecule has 7 heteroatoms. The maximum Gasteiger partial charge on any atom is 0.326 e. The summed E-state index contributed by atoms with van der Waals surface area (Å²) in [5, 5.41) is 12.3. The third kappa shape index (κ3) is 5.32. The van der Waals surface area contributed by atoms with Crippen molar-refractivity contribution < 1.29 is 9.53 Å². The molecule has 0 aliphatic heterocycles. The van der Waals surface area contributed by atoms with Crippen LogP contribution in [0.3, 0.4) is 0 Å². The average Bonchev–Trinajstić information content (AvgIpc) is 2.82. The van der Waals surface area contributed by atoms with Gasteiger partial charge in [-0.15, -0.1) is 10.2 Å². The van der Waals surface area contributed by atoms with Gasteiger partial charge >= 0.3 is 5.97 Å². The summed E-state index contributed by atoms with van der Waals surface area (Å²) in [6.07, 6.45) is 3.32. The van der Waals surface area contributed by atoms with Crippen LogP contribution in [0.1, 0.15) is 40.5 Å². The number of thioether (sulfide) groups is 1. The molecule has 1 aromatic heterocycles. The molecule has 0 amide bonds. The summed E-state index contributed by atoms with van der Waals surface area (Å²) in [5.41, 5.74) is -0.670. The fourth-order valence-electron chi connectivity index (χ4n) is 2.09. The van der Waals surface area contributed by atoms with E-state index in [2.05, 4.69) is 29.4 Å². The van der Waals surface area contributed by atoms with Crippen LogP contribution in [0.4, 0.5) is 0 Å². The van der Waals surface area contributed by atoms with E-state index in [0.717, 1.165) is 18.1 Å². The van der Waals surface area contributed by atoms with Gasteiger partial charge in [0.15, 0.2) is 5.16 Å². The van der Waals surface area contributed by atoms with Crippen LogP contribution in [-0.2, 0) is 16.6 Å². The van der Waals surface area contributed by atoms with E-state index in [1.54, 1.807) is 18.1 Å². The Bertz CT molecular complexity index is 452. The molecule has 0 spiro atoms. The summed E-state index contributed by atoms with van der Waals surface area (Å²) in [7, 11) is 1.91. The van der Waals surface area contributed by atoms with Gasteiger partial charge in [0, 0.05) is 12.3 Å². The molecular weight excluding hydrogens is 288 g/mol. The highest BCUT2D eigenvalue weighted by Gasteiger charge is 2.36. The number of aromatic nitrogens is 3. The number of rotatable bonds is 9. The lowest BCUT2D eigenvalue weighted by atomic mass is 9.96. The van der Waals surface area contributed by atoms with Gasteiger partial charge in [-0.2, -0.15) is 0 Å². The van der Waals surface area contributed by atoms with Crippen molar-refractivity contribution in [2.24, 2.45) is 7.05 Å². The molecule has 0 saturated heterocycles. The Labute approximate surface area is 131 Å². The molecule has 6 nitrogen and oxygen atoms in total. The van der Waals surface area contributed by atoms with E-state index in [0.29, 0.717) is 13.0 Å². The Morgan fingerprint density at radius 3 is 2.81 bits per heavy atom. The van der Waals surface area contributed by atoms with Crippen molar-refractivity contribution in [3.63, 3.8) is 0 Å². The number of nitrogens with zero attached hydrogens (tertiary/aromatic N) is 3. The largest absolute Gasteiger partial charge is 0.465 e. The molecular formula is C14H26N4O2S. The molecule has 0 radical (unpaired) electrons. The van der Waals surface area contributed by atoms with Crippen molar-refractivity contribution in [3.05, 3.63) is 6.33 Å². The van der Waals surface area contributed by atoms with E-state index < -0.39 is 5.54 Å². The Morgan fingerprint density at radius 1 is 1.57 bits per heavy atom. The quantitative estimate of drug-likeness (QED) is 0.555. The monoisotopic (exact) mass is 314 g/mol. The predicted molar refractivity (Wildman–Crippen MR) is 84.3 cm³/mol. The molecule has 2 atom stereocenters. The van der Waals surface area contributed by atoms with E-state index in [9.17, 15) is 4.79 Å². The topological polar surface area (TPSA) is 69.0 Å². The van der Waals surface area contributed by atoms with Crippen LogP contribution in [0.2, 0.25) is 0 Å². The van der Waals surface area contributed by atoms with Gasteiger partial charge in [0.2, 0.25) is 0 Å². The predicted octanol–water partition coefficient (Wildman–Crippen LogP) is 2.01. The van der Waals surface area contributed by atoms with E-state index in [1.165, 1.54) is 0 Å². The van der Waals surface area contributed by atoms with Gasteiger partial charge in [-0.25, -0.2) is 0 Å². The zero-order valence-electron chi connectivity index (χ0n) is 13.5. The number of nitrogens with one attached hydrogen (secondary N) is 1. The summed E-state index contributed by atoms with van der Waals surface area (Å²) in [5.74, 6) is -0.191. The van der Waals surface area contributed by atoms with Crippen LogP contribution in [0.15, 0.2) is 11.5 Å². The van der Waals surface area contributed by atoms with E-state index in [1.807, 2.05) is 25.5 Å². The van der Waals surface area contributed by atoms with Crippen LogP contribution in [-0.4, -0.2) is 44.7 Å². The van der Waals surface area contributed by atoms with Gasteiger partial charge in [-0.05, 0) is 33.2 Å². The third-order valence-electron chi connectivity index (χ3n) is 3.16. The third-order valence-corrected chi connectivity index (χ3v) is 4.31. The minimum absolute atomic E-state index is 0.191. The van der Waals surface area contributed by atoms with Gasteiger partial charge in [-0.3, -0.25) is 4.79 Å². The zero-order valence-corrected chi connectivity index (χ0v) is 14.4. The lowest BCUT2D eigenvalue weighted by Gasteiger charge is -2.30. The Balaban J connectivity index is 2.70. The average molecular weight is 314 g/mol. The lowest BCUT2D eigenvalue weighted by Crippen LogP contribution is -2.52. The van der Waals surface area contributed by atoms with Crippen molar-refractivity contribution in [3.8, 4) is 0 Å². The van der Waals surface area contributed by atoms with Crippen LogP contribution < -0.4 is 5.32 Å². The normalized spacial score (nSPS) is 15.5. The number of esters is 1. The highest BCUT2D eigenvalue weighted by atomic mass is 32.2. The first kappa shape index (κ1) is 18.0. The van der Waals surface area contributed by atoms with Crippen LogP contribution in [0, 0.1) is 0 Å². The van der Waals surface area contributed by atoms with Gasteiger partial charge in [0.25, 0.3) is 0 Å². The number of carbonyl (C=O) groups is 1. The molecule has 0 saturated carbocycles. The molecule has 2 unspecified atom stereocenters. The molecule has 120 valence electrons. The number of hydrogen-bond acceptors (Lipinski definition) is 6. The summed E-state index contributed by atoms with van der Waals surface area (Å²) >= 11 is 1.61. The molecule has 0 aliphatic carbocycles. The van der Waals surface area contributed by atoms with Crippen molar-refractivity contribution >= 4 is 17.7 Å². The van der Waals surface area contributed by atoms with Crippen molar-refractivity contribution in [2.75, 3.05) is 13.2 Å². The summed E-state index contributed by atoms with van der Waals surface area (Å²) < 4.78 is 7.10. The first-order valence-electron chi connectivity index (χ1n) is 7.35. The van der Waals surface area contributed by atoms with Crippen LogP contribution >= 0.6 is 11.8 Å². The maximum absolute atomic E-state index is 12.2. The first-order chi connectivity index (χ1) is 9.92. The van der Waals surface area contributed by atoms with Gasteiger partial charge < -0.3 is 14.6 Å². The second-order valence-electron chi connectivity index (χ2n) is 5.34. The van der Waals surface area contributed by atoms with Gasteiger partial charge in [0.05, 0.1) is 6.61 Å². The Hall–Kier alpha value is -1.08. The number of carbonyl (C=O) groups excluding carboxylic acids is 1. The second-order valence-corrected chi connectivity index (χ2v) is 6.74. The van der Waals surface area contributed by atoms with Gasteiger partial charge in [0.1, 0.15) is 11.9 Å². The van der Waals surface area contributed by atoms with Crippen LogP contribution in [0.25, 0.3) is 0 Å². The molecule has 0 aromatic carbocycles. The SMILES string of the molecule is CCCNC(C)(CC(C)Sc1nncn1C)C(=O)OCC. The number of ether oxygens (including phenoxy) is 1. The fraction of sp³-hybridized carbons (Fsp3) is 0.786. The Kier molecular flexibility index (Phi) is 7.17. The van der Waals surface area contributed by atoms with E-state index >= 15 is 0 Å². The minimum atomic E-state index is -0.670. The van der Waals surface area contributed by atoms with Crippen molar-refractivity contribution in [1.82, 2.24) is 20.1 Å². The van der Waals surface area contributed by atoms with E-state index in [4.69, 9.17) is 4.74 Å². The number of aryl methyl sites for hydroxylation is 1. The fourth-order valence-corrected chi connectivity index (χ4v) is 3.18. The molecule has 21 heavy (non-hydrogen) atoms. The molecule has 0 bridgehead atoms. The van der Waals surface area contributed by atoms with Crippen molar-refractivity contribution in [2.45, 2.75) is 56.5 Å². The highest BCUT2D eigenvalue weighted by molar-refractivity contribution is 7.99.